The van der Waals surface area contributed by atoms with Gasteiger partial charge in [-0.05, 0) is 59.3 Å². The third-order valence-corrected chi connectivity index (χ3v) is 15.1. The standard InChI is InChI=1S/C57H100N8O27/c1-30(69)61-42-48(77)45(74)37(27-66)89-54(42)86-24-21-83-18-15-58-40(72)13-11-35(52(81)59-16-19-84-22-25-87-55-43(62-31(2)70)49(78)46(75)38(28-67)90-55)64-41(73)14-12-36(65-51(80)33-7-9-34(10-8-33)92-57(4,5)6)53(82)60-17-20-85-23-26-88-56-44(63-32(3)71)50(79)47(76)39(29-68)91-56/h33-39,42-50,54-56,66-68,74-79H,7-29H2,1-6H3,(H,58,72)(H,59,81)(H,60,82)(H,61,69)(H,62,70)(H,63,71)(H,64,73)(H,65,80)/t33?,34?,35?,36?,37-,38-,39-,42-,43-,44-,45+,46+,47+,48-,49-,50-,54?,55?,56?/m1/s1. The fourth-order valence-corrected chi connectivity index (χ4v) is 10.5. The molecule has 0 aromatic rings. The van der Waals surface area contributed by atoms with Gasteiger partial charge in [0.15, 0.2) is 18.9 Å². The summed E-state index contributed by atoms with van der Waals surface area (Å²) in [6.07, 6.45) is -15.5. The molecule has 1 saturated carbocycles. The lowest BCUT2D eigenvalue weighted by atomic mass is 9.86. The maximum absolute atomic E-state index is 13.8. The SMILES string of the molecule is CC(=O)N[C@H]1C(OCCOCCNC(=O)CCC(NC(=O)CCC(NC(=O)C2CCC(OC(C)(C)C)CC2)C(=O)NCCOCCOC2O[C@H](CO)[C@H](O)[C@H](O)[C@H]2NC(C)=O)C(=O)NCCOCCOC2O[C@H](CO)[C@H](O)[C@H](O)[C@H]2NC(C)=O)O[C@H](CO)[C@H](O)[C@@H]1O. The van der Waals surface area contributed by atoms with Crippen molar-refractivity contribution in [3.8, 4) is 0 Å². The zero-order chi connectivity index (χ0) is 68.1. The summed E-state index contributed by atoms with van der Waals surface area (Å²) >= 11 is 0. The molecule has 3 heterocycles. The number of ether oxygens (including phenoxy) is 10. The Labute approximate surface area is 533 Å². The Hall–Kier alpha value is -5.00. The van der Waals surface area contributed by atoms with Gasteiger partial charge in [-0.2, -0.15) is 0 Å². The van der Waals surface area contributed by atoms with Crippen LogP contribution in [0.2, 0.25) is 0 Å². The summed E-state index contributed by atoms with van der Waals surface area (Å²) in [4.78, 5) is 104. The fourth-order valence-electron chi connectivity index (χ4n) is 10.5. The highest BCUT2D eigenvalue weighted by Crippen LogP contribution is 2.30. The highest BCUT2D eigenvalue weighted by Gasteiger charge is 2.48. The van der Waals surface area contributed by atoms with Crippen LogP contribution in [-0.2, 0) is 85.7 Å². The van der Waals surface area contributed by atoms with Crippen LogP contribution in [0.5, 0.6) is 0 Å². The molecular formula is C57H100N8O27. The van der Waals surface area contributed by atoms with Gasteiger partial charge >= 0.3 is 0 Å². The van der Waals surface area contributed by atoms with Crippen molar-refractivity contribution in [2.45, 2.75) is 209 Å². The number of nitrogens with one attached hydrogen (secondary N) is 8. The first-order chi connectivity index (χ1) is 43.7. The Morgan fingerprint density at radius 3 is 1.15 bits per heavy atom. The Balaban J connectivity index is 1.35. The largest absolute Gasteiger partial charge is 0.394 e. The van der Waals surface area contributed by atoms with Crippen molar-refractivity contribution in [2.24, 2.45) is 5.92 Å². The number of aliphatic hydroxyl groups is 9. The minimum Gasteiger partial charge on any atom is -0.394 e. The van der Waals surface area contributed by atoms with Crippen molar-refractivity contribution in [1.82, 2.24) is 42.5 Å². The monoisotopic (exact) mass is 1330 g/mol. The third-order valence-electron chi connectivity index (χ3n) is 15.1. The first kappa shape index (κ1) is 79.4. The highest BCUT2D eigenvalue weighted by molar-refractivity contribution is 5.90. The maximum Gasteiger partial charge on any atom is 0.242 e. The molecule has 17 atom stereocenters. The molecule has 92 heavy (non-hydrogen) atoms. The predicted octanol–water partition coefficient (Wildman–Crippen LogP) is -7.83. The quantitative estimate of drug-likeness (QED) is 0.0254. The molecule has 8 amide bonds. The molecule has 4 fully saturated rings. The normalized spacial score (nSPS) is 29.8. The van der Waals surface area contributed by atoms with E-state index in [0.29, 0.717) is 25.7 Å². The number of hydrogen-bond donors (Lipinski definition) is 17. The van der Waals surface area contributed by atoms with Gasteiger partial charge < -0.3 is 136 Å². The van der Waals surface area contributed by atoms with Crippen molar-refractivity contribution < 1.29 is 132 Å². The molecule has 35 nitrogen and oxygen atoms in total. The lowest BCUT2D eigenvalue weighted by molar-refractivity contribution is -0.272. The molecule has 0 radical (unpaired) electrons. The van der Waals surface area contributed by atoms with E-state index >= 15 is 0 Å². The van der Waals surface area contributed by atoms with Crippen LogP contribution in [-0.4, -0.2) is 308 Å². The van der Waals surface area contributed by atoms with Crippen LogP contribution >= 0.6 is 0 Å². The molecule has 0 spiro atoms. The zero-order valence-corrected chi connectivity index (χ0v) is 53.1. The van der Waals surface area contributed by atoms with Crippen LogP contribution < -0.4 is 42.5 Å². The molecule has 17 N–H and O–H groups in total. The maximum atomic E-state index is 13.8. The summed E-state index contributed by atoms with van der Waals surface area (Å²) in [6.45, 7) is 6.45. The first-order valence-corrected chi connectivity index (χ1v) is 31.0. The molecule has 0 aromatic carbocycles. The van der Waals surface area contributed by atoms with Gasteiger partial charge in [0.25, 0.3) is 0 Å². The van der Waals surface area contributed by atoms with E-state index in [1.807, 2.05) is 20.8 Å². The van der Waals surface area contributed by atoms with Gasteiger partial charge in [0, 0.05) is 59.2 Å². The van der Waals surface area contributed by atoms with E-state index in [4.69, 9.17) is 47.4 Å². The highest BCUT2D eigenvalue weighted by atomic mass is 16.7. The van der Waals surface area contributed by atoms with Crippen LogP contribution in [0.25, 0.3) is 0 Å². The molecule has 5 unspecified atom stereocenters. The van der Waals surface area contributed by atoms with E-state index < -0.39 is 189 Å². The molecule has 3 aliphatic heterocycles. The summed E-state index contributed by atoms with van der Waals surface area (Å²) in [5, 5.41) is 112. The van der Waals surface area contributed by atoms with E-state index in [2.05, 4.69) is 42.5 Å². The van der Waals surface area contributed by atoms with Gasteiger partial charge in [-0.3, -0.25) is 38.4 Å². The second kappa shape index (κ2) is 41.1. The summed E-state index contributed by atoms with van der Waals surface area (Å²) in [5.41, 5.74) is -0.396. The molecule has 530 valence electrons. The summed E-state index contributed by atoms with van der Waals surface area (Å²) in [6, 6.07) is -6.09. The average molecular weight is 1330 g/mol. The van der Waals surface area contributed by atoms with Gasteiger partial charge in [-0.15, -0.1) is 0 Å². The summed E-state index contributed by atoms with van der Waals surface area (Å²) in [5.74, 6) is -5.13. The Morgan fingerprint density at radius 2 is 0.804 bits per heavy atom. The predicted molar refractivity (Wildman–Crippen MR) is 314 cm³/mol. The number of amides is 8. The molecule has 4 aliphatic rings. The van der Waals surface area contributed by atoms with E-state index in [0.717, 1.165) is 0 Å². The van der Waals surface area contributed by atoms with Gasteiger partial charge in [-0.1, -0.05) is 0 Å². The number of carbonyl (C=O) groups is 8. The Kier molecular flexibility index (Phi) is 35.5. The first-order valence-electron chi connectivity index (χ1n) is 31.0. The summed E-state index contributed by atoms with van der Waals surface area (Å²) in [7, 11) is 0. The topological polar surface area (TPSA) is 507 Å². The van der Waals surface area contributed by atoms with Crippen LogP contribution in [0.1, 0.15) is 92.9 Å². The second-order valence-corrected chi connectivity index (χ2v) is 23.6. The molecule has 3 saturated heterocycles. The number of aliphatic hydroxyl groups excluding tert-OH is 9. The van der Waals surface area contributed by atoms with Crippen molar-refractivity contribution in [3.63, 3.8) is 0 Å². The molecule has 1 aliphatic carbocycles. The van der Waals surface area contributed by atoms with Crippen LogP contribution in [0.15, 0.2) is 0 Å². The van der Waals surface area contributed by atoms with Crippen molar-refractivity contribution in [3.05, 3.63) is 0 Å². The molecular weight excluding hydrogens is 1230 g/mol. The number of hydrogen-bond acceptors (Lipinski definition) is 27. The van der Waals surface area contributed by atoms with Crippen molar-refractivity contribution in [2.75, 3.05) is 98.9 Å². The van der Waals surface area contributed by atoms with Gasteiger partial charge in [0.1, 0.15) is 85.1 Å². The van der Waals surface area contributed by atoms with E-state index in [1.165, 1.54) is 20.8 Å². The average Bonchev–Trinajstić information content (AvgIpc) is 0.846. The van der Waals surface area contributed by atoms with Crippen LogP contribution in [0.3, 0.4) is 0 Å². The molecule has 4 rings (SSSR count). The molecule has 0 aromatic heterocycles. The number of carbonyl (C=O) groups excluding carboxylic acids is 8. The van der Waals surface area contributed by atoms with Crippen molar-refractivity contribution in [1.29, 1.82) is 0 Å². The van der Waals surface area contributed by atoms with E-state index in [9.17, 15) is 84.3 Å². The van der Waals surface area contributed by atoms with Gasteiger partial charge in [-0.25, -0.2) is 0 Å². The summed E-state index contributed by atoms with van der Waals surface area (Å²) < 4.78 is 56.4. The van der Waals surface area contributed by atoms with E-state index in [1.54, 1.807) is 0 Å². The third kappa shape index (κ3) is 27.4. The Bertz CT molecular complexity index is 2270. The Morgan fingerprint density at radius 1 is 0.457 bits per heavy atom. The second-order valence-electron chi connectivity index (χ2n) is 23.6. The lowest BCUT2D eigenvalue weighted by Gasteiger charge is -2.42. The number of rotatable bonds is 39. The zero-order valence-electron chi connectivity index (χ0n) is 53.1. The van der Waals surface area contributed by atoms with Gasteiger partial charge in [0.2, 0.25) is 47.3 Å². The van der Waals surface area contributed by atoms with Crippen LogP contribution in [0, 0.1) is 5.92 Å². The van der Waals surface area contributed by atoms with Crippen molar-refractivity contribution >= 4 is 47.3 Å². The molecule has 0 bridgehead atoms. The minimum absolute atomic E-state index is 0.00969. The van der Waals surface area contributed by atoms with Gasteiger partial charge in [0.05, 0.1) is 91.0 Å². The van der Waals surface area contributed by atoms with Crippen LogP contribution in [0.4, 0.5) is 0 Å². The molecule has 35 heteroatoms. The van der Waals surface area contributed by atoms with E-state index in [-0.39, 0.29) is 104 Å². The minimum atomic E-state index is -1.53. The smallest absolute Gasteiger partial charge is 0.242 e. The lowest BCUT2D eigenvalue weighted by Crippen LogP contribution is -2.64. The fraction of sp³-hybridized carbons (Fsp3) is 0.860.